The van der Waals surface area contributed by atoms with Crippen LogP contribution in [0.3, 0.4) is 0 Å². The molecule has 30 heavy (non-hydrogen) atoms. The van der Waals surface area contributed by atoms with Gasteiger partial charge >= 0.3 is 0 Å². The number of benzene rings is 2. The number of hydrogen-bond donors (Lipinski definition) is 0. The van der Waals surface area contributed by atoms with E-state index in [0.717, 1.165) is 53.7 Å². The molecule has 0 aliphatic heterocycles. The molecule has 0 spiro atoms. The fourth-order valence-corrected chi connectivity index (χ4v) is 5.53. The molecule has 0 bridgehead atoms. The van der Waals surface area contributed by atoms with E-state index in [1.54, 1.807) is 12.1 Å². The molecular formula is C25H30F2O2S. The zero-order chi connectivity index (χ0) is 21.1. The highest BCUT2D eigenvalue weighted by atomic mass is 32.1. The fourth-order valence-electron chi connectivity index (χ4n) is 4.37. The van der Waals surface area contributed by atoms with E-state index < -0.39 is 5.82 Å². The molecule has 1 saturated carbocycles. The Kier molecular flexibility index (Phi) is 6.77. The lowest BCUT2D eigenvalue weighted by atomic mass is 9.81. The molecule has 4 rings (SSSR count). The van der Waals surface area contributed by atoms with Gasteiger partial charge in [0, 0.05) is 10.8 Å². The third-order valence-electron chi connectivity index (χ3n) is 6.39. The molecule has 1 aliphatic rings. The van der Waals surface area contributed by atoms with Crippen molar-refractivity contribution in [2.45, 2.75) is 58.8 Å². The molecule has 1 aromatic heterocycles. The Morgan fingerprint density at radius 2 is 1.40 bits per heavy atom. The highest BCUT2D eigenvalue weighted by Crippen LogP contribution is 2.42. The quantitative estimate of drug-likeness (QED) is 0.335. The maximum Gasteiger partial charge on any atom is 0.182 e. The molecule has 0 saturated heterocycles. The van der Waals surface area contributed by atoms with Gasteiger partial charge in [0.15, 0.2) is 23.1 Å². The largest absolute Gasteiger partial charge is 0.490 e. The Hall–Kier alpha value is -1.88. The minimum absolute atomic E-state index is 0.238. The first-order valence-electron chi connectivity index (χ1n) is 11.2. The maximum absolute atomic E-state index is 15.2. The van der Waals surface area contributed by atoms with Gasteiger partial charge in [-0.1, -0.05) is 39.5 Å². The van der Waals surface area contributed by atoms with Crippen molar-refractivity contribution in [3.05, 3.63) is 35.9 Å². The summed E-state index contributed by atoms with van der Waals surface area (Å²) in [5.74, 6) is 1.04. The molecule has 0 radical (unpaired) electrons. The van der Waals surface area contributed by atoms with Gasteiger partial charge < -0.3 is 9.47 Å². The van der Waals surface area contributed by atoms with E-state index >= 15 is 4.39 Å². The number of halogens is 2. The standard InChI is InChI=1S/C25H30F2O2S/c1-3-5-14-28-20-12-10-18-19-11-13-21(23(27)25(19)30-24(18)22(20)26)29-15-17-8-6-16(4-2)7-9-17/h10-13,16-17H,3-9,14-15H2,1-2H3. The minimum atomic E-state index is -0.403. The van der Waals surface area contributed by atoms with Gasteiger partial charge in [-0.25, -0.2) is 8.78 Å². The fraction of sp³-hybridized carbons (Fsp3) is 0.520. The normalized spacial score (nSPS) is 19.5. The Morgan fingerprint density at radius 1 is 0.833 bits per heavy atom. The second-order valence-corrected chi connectivity index (χ2v) is 9.44. The summed E-state index contributed by atoms with van der Waals surface area (Å²) in [6.45, 7) is 5.34. The molecule has 162 valence electrons. The molecule has 0 amide bonds. The van der Waals surface area contributed by atoms with E-state index in [9.17, 15) is 4.39 Å². The molecule has 0 atom stereocenters. The Bertz CT molecular complexity index is 1010. The molecule has 2 aromatic carbocycles. The van der Waals surface area contributed by atoms with Crippen LogP contribution in [0.25, 0.3) is 20.2 Å². The molecule has 1 aliphatic carbocycles. The van der Waals surface area contributed by atoms with Crippen LogP contribution >= 0.6 is 11.3 Å². The van der Waals surface area contributed by atoms with Crippen molar-refractivity contribution >= 4 is 31.5 Å². The Labute approximate surface area is 181 Å². The first kappa shape index (κ1) is 21.4. The van der Waals surface area contributed by atoms with Crippen molar-refractivity contribution in [3.63, 3.8) is 0 Å². The van der Waals surface area contributed by atoms with Crippen molar-refractivity contribution in [3.8, 4) is 11.5 Å². The van der Waals surface area contributed by atoms with Crippen molar-refractivity contribution in [2.24, 2.45) is 11.8 Å². The SMILES string of the molecule is CCCCOc1ccc2c(sc3c(F)c(OCC4CCC(CC)CC4)ccc32)c1F. The van der Waals surface area contributed by atoms with Crippen LogP contribution in [0.1, 0.15) is 58.8 Å². The highest BCUT2D eigenvalue weighted by molar-refractivity contribution is 7.25. The topological polar surface area (TPSA) is 18.5 Å². The molecule has 0 N–H and O–H groups in total. The van der Waals surface area contributed by atoms with Crippen molar-refractivity contribution in [2.75, 3.05) is 13.2 Å². The van der Waals surface area contributed by atoms with Gasteiger partial charge in [0.1, 0.15) is 0 Å². The Morgan fingerprint density at radius 3 is 1.97 bits per heavy atom. The van der Waals surface area contributed by atoms with Crippen LogP contribution in [0.4, 0.5) is 8.78 Å². The van der Waals surface area contributed by atoms with Gasteiger partial charge in [0.25, 0.3) is 0 Å². The van der Waals surface area contributed by atoms with Gasteiger partial charge in [-0.2, -0.15) is 0 Å². The number of unbranched alkanes of at least 4 members (excludes halogenated alkanes) is 1. The lowest BCUT2D eigenvalue weighted by Gasteiger charge is -2.27. The number of ether oxygens (including phenoxy) is 2. The third-order valence-corrected chi connectivity index (χ3v) is 7.60. The van der Waals surface area contributed by atoms with Crippen LogP contribution in [-0.2, 0) is 0 Å². The van der Waals surface area contributed by atoms with Crippen molar-refractivity contribution in [1.29, 1.82) is 0 Å². The lowest BCUT2D eigenvalue weighted by molar-refractivity contribution is 0.177. The van der Waals surface area contributed by atoms with E-state index in [1.165, 1.54) is 19.3 Å². The molecule has 3 aromatic rings. The van der Waals surface area contributed by atoms with Gasteiger partial charge in [0.2, 0.25) is 0 Å². The van der Waals surface area contributed by atoms with Crippen LogP contribution in [0.2, 0.25) is 0 Å². The summed E-state index contributed by atoms with van der Waals surface area (Å²) in [5.41, 5.74) is 0. The van der Waals surface area contributed by atoms with Crippen LogP contribution in [0.5, 0.6) is 11.5 Å². The summed E-state index contributed by atoms with van der Waals surface area (Å²) in [5, 5.41) is 1.45. The molecule has 0 unspecified atom stereocenters. The minimum Gasteiger partial charge on any atom is -0.490 e. The zero-order valence-electron chi connectivity index (χ0n) is 17.8. The number of thiophene rings is 1. The molecule has 1 heterocycles. The molecule has 2 nitrogen and oxygen atoms in total. The lowest BCUT2D eigenvalue weighted by Crippen LogP contribution is -2.20. The van der Waals surface area contributed by atoms with E-state index in [0.29, 0.717) is 28.5 Å². The number of rotatable bonds is 8. The van der Waals surface area contributed by atoms with Crippen LogP contribution in [-0.4, -0.2) is 13.2 Å². The zero-order valence-corrected chi connectivity index (χ0v) is 18.6. The first-order chi connectivity index (χ1) is 14.6. The third kappa shape index (κ3) is 4.27. The van der Waals surface area contributed by atoms with Crippen LogP contribution in [0.15, 0.2) is 24.3 Å². The predicted molar refractivity (Wildman–Crippen MR) is 121 cm³/mol. The maximum atomic E-state index is 15.2. The van der Waals surface area contributed by atoms with Gasteiger partial charge in [-0.3, -0.25) is 0 Å². The summed E-state index contributed by atoms with van der Waals surface area (Å²) >= 11 is 1.14. The van der Waals surface area contributed by atoms with E-state index in [1.807, 2.05) is 12.1 Å². The highest BCUT2D eigenvalue weighted by Gasteiger charge is 2.22. The molecular weight excluding hydrogens is 402 g/mol. The summed E-state index contributed by atoms with van der Waals surface area (Å²) in [6.07, 6.45) is 7.88. The monoisotopic (exact) mass is 432 g/mol. The molecule has 1 fully saturated rings. The van der Waals surface area contributed by atoms with Crippen molar-refractivity contribution < 1.29 is 18.3 Å². The van der Waals surface area contributed by atoms with Crippen molar-refractivity contribution in [1.82, 2.24) is 0 Å². The van der Waals surface area contributed by atoms with Gasteiger partial charge in [-0.15, -0.1) is 11.3 Å². The first-order valence-corrected chi connectivity index (χ1v) is 12.0. The molecule has 5 heteroatoms. The smallest absolute Gasteiger partial charge is 0.182 e. The van der Waals surface area contributed by atoms with E-state index in [2.05, 4.69) is 13.8 Å². The van der Waals surface area contributed by atoms with Gasteiger partial charge in [0.05, 0.1) is 22.6 Å². The number of fused-ring (bicyclic) bond motifs is 3. The average molecular weight is 433 g/mol. The second-order valence-electron chi connectivity index (χ2n) is 8.42. The summed E-state index contributed by atoms with van der Waals surface area (Å²) < 4.78 is 42.5. The second kappa shape index (κ2) is 9.51. The predicted octanol–water partition coefficient (Wildman–Crippen LogP) is 8.11. The Balaban J connectivity index is 1.54. The van der Waals surface area contributed by atoms with Gasteiger partial charge in [-0.05, 0) is 55.4 Å². The summed E-state index contributed by atoms with van der Waals surface area (Å²) in [6, 6.07) is 7.00. The van der Waals surface area contributed by atoms with E-state index in [4.69, 9.17) is 9.47 Å². The summed E-state index contributed by atoms with van der Waals surface area (Å²) in [4.78, 5) is 0. The van der Waals surface area contributed by atoms with E-state index in [-0.39, 0.29) is 17.3 Å². The average Bonchev–Trinajstić information content (AvgIpc) is 3.16. The number of hydrogen-bond acceptors (Lipinski definition) is 3. The van der Waals surface area contributed by atoms with Crippen LogP contribution in [0, 0.1) is 23.5 Å². The van der Waals surface area contributed by atoms with Crippen LogP contribution < -0.4 is 9.47 Å². The summed E-state index contributed by atoms with van der Waals surface area (Å²) in [7, 11) is 0.